The second kappa shape index (κ2) is 5.81. The first-order chi connectivity index (χ1) is 10.5. The van der Waals surface area contributed by atoms with E-state index in [-0.39, 0.29) is 11.7 Å². The highest BCUT2D eigenvalue weighted by molar-refractivity contribution is 9.10. The molecule has 3 aromatic rings. The van der Waals surface area contributed by atoms with Gasteiger partial charge in [-0.15, -0.1) is 0 Å². The lowest BCUT2D eigenvalue weighted by Crippen LogP contribution is -2.10. The van der Waals surface area contributed by atoms with Crippen LogP contribution >= 0.6 is 15.9 Å². The standard InChI is InChI=1S/C16H13BrN2O3/c1-9-10(2)21-16(18-9)11-4-3-5-12(8-11)19-15(20)13-6-7-14(17)22-13/h3-8H,1-2H3,(H,19,20). The van der Waals surface area contributed by atoms with E-state index >= 15 is 0 Å². The summed E-state index contributed by atoms with van der Waals surface area (Å²) in [5, 5.41) is 2.78. The number of hydrogen-bond acceptors (Lipinski definition) is 4. The lowest BCUT2D eigenvalue weighted by molar-refractivity contribution is 0.0995. The average molecular weight is 361 g/mol. The van der Waals surface area contributed by atoms with Crippen molar-refractivity contribution in [3.63, 3.8) is 0 Å². The molecule has 0 spiro atoms. The van der Waals surface area contributed by atoms with Crippen molar-refractivity contribution in [3.8, 4) is 11.5 Å². The second-order valence-corrected chi connectivity index (χ2v) is 5.58. The third-order valence-corrected chi connectivity index (χ3v) is 3.62. The molecule has 0 bridgehead atoms. The maximum absolute atomic E-state index is 12.1. The number of carbonyl (C=O) groups excluding carboxylic acids is 1. The highest BCUT2D eigenvalue weighted by Gasteiger charge is 2.12. The monoisotopic (exact) mass is 360 g/mol. The van der Waals surface area contributed by atoms with Gasteiger partial charge in [0, 0.05) is 11.3 Å². The number of aromatic nitrogens is 1. The number of oxazole rings is 1. The number of aryl methyl sites for hydroxylation is 2. The van der Waals surface area contributed by atoms with E-state index in [1.54, 1.807) is 24.3 Å². The van der Waals surface area contributed by atoms with Crippen LogP contribution in [0.2, 0.25) is 0 Å². The number of anilines is 1. The molecule has 1 amide bonds. The fraction of sp³-hybridized carbons (Fsp3) is 0.125. The van der Waals surface area contributed by atoms with Crippen LogP contribution in [-0.4, -0.2) is 10.9 Å². The summed E-state index contributed by atoms with van der Waals surface area (Å²) in [6, 6.07) is 10.6. The van der Waals surface area contributed by atoms with Gasteiger partial charge in [0.15, 0.2) is 10.4 Å². The quantitative estimate of drug-likeness (QED) is 0.742. The molecule has 0 unspecified atom stereocenters. The summed E-state index contributed by atoms with van der Waals surface area (Å²) in [6.45, 7) is 3.76. The van der Waals surface area contributed by atoms with Gasteiger partial charge in [0.2, 0.25) is 5.89 Å². The van der Waals surface area contributed by atoms with Gasteiger partial charge in [-0.25, -0.2) is 4.98 Å². The zero-order chi connectivity index (χ0) is 15.7. The predicted octanol–water partition coefficient (Wildman–Crippen LogP) is 4.57. The van der Waals surface area contributed by atoms with Gasteiger partial charge in [0.25, 0.3) is 5.91 Å². The van der Waals surface area contributed by atoms with Crippen molar-refractivity contribution in [1.82, 2.24) is 4.98 Å². The van der Waals surface area contributed by atoms with Crippen LogP contribution in [0.15, 0.2) is 49.9 Å². The molecule has 3 rings (SSSR count). The number of nitrogens with zero attached hydrogens (tertiary/aromatic N) is 1. The van der Waals surface area contributed by atoms with Crippen LogP contribution in [0.25, 0.3) is 11.5 Å². The molecule has 0 fully saturated rings. The van der Waals surface area contributed by atoms with E-state index in [9.17, 15) is 4.79 Å². The number of carbonyl (C=O) groups is 1. The minimum Gasteiger partial charge on any atom is -0.444 e. The number of rotatable bonds is 3. The maximum Gasteiger partial charge on any atom is 0.291 e. The highest BCUT2D eigenvalue weighted by Crippen LogP contribution is 2.24. The maximum atomic E-state index is 12.1. The minimum atomic E-state index is -0.317. The first kappa shape index (κ1) is 14.6. The lowest BCUT2D eigenvalue weighted by atomic mass is 10.2. The van der Waals surface area contributed by atoms with Gasteiger partial charge in [-0.2, -0.15) is 0 Å². The smallest absolute Gasteiger partial charge is 0.291 e. The summed E-state index contributed by atoms with van der Waals surface area (Å²) >= 11 is 3.17. The summed E-state index contributed by atoms with van der Waals surface area (Å²) in [7, 11) is 0. The van der Waals surface area contributed by atoms with E-state index in [0.29, 0.717) is 16.2 Å². The SMILES string of the molecule is Cc1nc(-c2cccc(NC(=O)c3ccc(Br)o3)c2)oc1C. The van der Waals surface area contributed by atoms with Crippen LogP contribution in [0.1, 0.15) is 22.0 Å². The van der Waals surface area contributed by atoms with E-state index in [4.69, 9.17) is 8.83 Å². The Morgan fingerprint density at radius 2 is 2.00 bits per heavy atom. The number of furan rings is 1. The summed E-state index contributed by atoms with van der Waals surface area (Å²) in [4.78, 5) is 16.4. The topological polar surface area (TPSA) is 68.3 Å². The summed E-state index contributed by atoms with van der Waals surface area (Å²) in [5.41, 5.74) is 2.29. The molecular weight excluding hydrogens is 348 g/mol. The first-order valence-corrected chi connectivity index (χ1v) is 7.43. The van der Waals surface area contributed by atoms with E-state index in [2.05, 4.69) is 26.2 Å². The van der Waals surface area contributed by atoms with E-state index in [1.165, 1.54) is 0 Å². The van der Waals surface area contributed by atoms with Crippen molar-refractivity contribution in [2.45, 2.75) is 13.8 Å². The molecule has 1 aromatic carbocycles. The third kappa shape index (κ3) is 2.96. The molecule has 5 nitrogen and oxygen atoms in total. The van der Waals surface area contributed by atoms with Gasteiger partial charge >= 0.3 is 0 Å². The van der Waals surface area contributed by atoms with Crippen molar-refractivity contribution in [1.29, 1.82) is 0 Å². The second-order valence-electron chi connectivity index (χ2n) is 4.80. The molecule has 0 aliphatic heterocycles. The van der Waals surface area contributed by atoms with Crippen molar-refractivity contribution < 1.29 is 13.6 Å². The molecule has 0 aliphatic carbocycles. The number of amides is 1. The Labute approximate surface area is 135 Å². The Morgan fingerprint density at radius 3 is 2.64 bits per heavy atom. The number of nitrogens with one attached hydrogen (secondary N) is 1. The third-order valence-electron chi connectivity index (χ3n) is 3.19. The molecule has 0 aliphatic rings. The Balaban J connectivity index is 1.83. The lowest BCUT2D eigenvalue weighted by Gasteiger charge is -2.04. The number of benzene rings is 1. The van der Waals surface area contributed by atoms with Crippen LogP contribution in [0.4, 0.5) is 5.69 Å². The van der Waals surface area contributed by atoms with Crippen LogP contribution in [0, 0.1) is 13.8 Å². The van der Waals surface area contributed by atoms with Crippen LogP contribution in [0.3, 0.4) is 0 Å². The minimum absolute atomic E-state index is 0.236. The summed E-state index contributed by atoms with van der Waals surface area (Å²) in [5.74, 6) is 1.24. The Kier molecular flexibility index (Phi) is 3.85. The Morgan fingerprint density at radius 1 is 1.18 bits per heavy atom. The Bertz CT molecular complexity index is 816. The van der Waals surface area contributed by atoms with Gasteiger partial charge in [0.05, 0.1) is 5.69 Å². The number of halogens is 1. The summed E-state index contributed by atoms with van der Waals surface area (Å²) < 4.78 is 11.3. The molecule has 2 heterocycles. The van der Waals surface area contributed by atoms with Gasteiger partial charge in [0.1, 0.15) is 5.76 Å². The molecule has 0 saturated carbocycles. The van der Waals surface area contributed by atoms with Crippen molar-refractivity contribution >= 4 is 27.5 Å². The van der Waals surface area contributed by atoms with E-state index in [0.717, 1.165) is 17.0 Å². The van der Waals surface area contributed by atoms with Crippen LogP contribution < -0.4 is 5.32 Å². The molecule has 112 valence electrons. The van der Waals surface area contributed by atoms with E-state index in [1.807, 2.05) is 26.0 Å². The highest BCUT2D eigenvalue weighted by atomic mass is 79.9. The molecule has 0 saturated heterocycles. The van der Waals surface area contributed by atoms with E-state index < -0.39 is 0 Å². The van der Waals surface area contributed by atoms with Gasteiger partial charge in [-0.05, 0) is 60.1 Å². The fourth-order valence-corrected chi connectivity index (χ4v) is 2.26. The van der Waals surface area contributed by atoms with Gasteiger partial charge in [-0.1, -0.05) is 6.07 Å². The van der Waals surface area contributed by atoms with Crippen molar-refractivity contribution in [2.24, 2.45) is 0 Å². The van der Waals surface area contributed by atoms with Crippen LogP contribution in [0.5, 0.6) is 0 Å². The molecule has 0 atom stereocenters. The van der Waals surface area contributed by atoms with Crippen LogP contribution in [-0.2, 0) is 0 Å². The molecule has 22 heavy (non-hydrogen) atoms. The largest absolute Gasteiger partial charge is 0.444 e. The van der Waals surface area contributed by atoms with Crippen molar-refractivity contribution in [2.75, 3.05) is 5.32 Å². The average Bonchev–Trinajstić information content (AvgIpc) is 3.06. The van der Waals surface area contributed by atoms with Gasteiger partial charge < -0.3 is 14.2 Å². The van der Waals surface area contributed by atoms with Crippen molar-refractivity contribution in [3.05, 3.63) is 58.3 Å². The predicted molar refractivity (Wildman–Crippen MR) is 85.8 cm³/mol. The summed E-state index contributed by atoms with van der Waals surface area (Å²) in [6.07, 6.45) is 0. The fourth-order valence-electron chi connectivity index (χ4n) is 1.96. The number of hydrogen-bond donors (Lipinski definition) is 1. The van der Waals surface area contributed by atoms with Gasteiger partial charge in [-0.3, -0.25) is 4.79 Å². The molecule has 2 aromatic heterocycles. The molecule has 0 radical (unpaired) electrons. The molecular formula is C16H13BrN2O3. The zero-order valence-corrected chi connectivity index (χ0v) is 13.6. The zero-order valence-electron chi connectivity index (χ0n) is 12.0. The first-order valence-electron chi connectivity index (χ1n) is 6.64. The molecule has 6 heteroatoms. The molecule has 1 N–H and O–H groups in total. The Hall–Kier alpha value is -2.34. The normalized spacial score (nSPS) is 10.7.